The first-order valence-corrected chi connectivity index (χ1v) is 19.8. The molecule has 7 aliphatic rings. The third kappa shape index (κ3) is 6.48. The van der Waals surface area contributed by atoms with Gasteiger partial charge in [-0.2, -0.15) is 0 Å². The van der Waals surface area contributed by atoms with Gasteiger partial charge in [0, 0.05) is 54.8 Å². The Balaban J connectivity index is 1.27. The average Bonchev–Trinajstić information content (AvgIpc) is 3.74. The molecule has 11 atom stereocenters. The first-order chi connectivity index (χ1) is 24.6. The summed E-state index contributed by atoms with van der Waals surface area (Å²) in [7, 11) is 0. The Morgan fingerprint density at radius 2 is 1.73 bits per heavy atom. The SMILES string of the molecule is C=C1CCCC2=NCC(C)C(C)CC23CCC(C2C=C(C)C(=O)O2)=C(C)C3C=C(C)C(O)CC2CCC3(CCC4(OC(CCC4(O)C(=O)O)C1)O3)O2. The Kier molecular flexibility index (Phi) is 10.1. The van der Waals surface area contributed by atoms with Crippen LogP contribution >= 0.6 is 0 Å². The number of aliphatic hydroxyl groups is 2. The van der Waals surface area contributed by atoms with E-state index in [1.165, 1.54) is 11.3 Å². The normalized spacial score (nSPS) is 44.6. The van der Waals surface area contributed by atoms with Crippen molar-refractivity contribution in [2.45, 2.75) is 166 Å². The third-order valence-corrected chi connectivity index (χ3v) is 14.0. The number of aliphatic carboxylic acids is 1. The molecule has 52 heavy (non-hydrogen) atoms. The van der Waals surface area contributed by atoms with Crippen molar-refractivity contribution in [3.63, 3.8) is 0 Å². The molecule has 286 valence electrons. The van der Waals surface area contributed by atoms with E-state index in [4.69, 9.17) is 23.9 Å². The van der Waals surface area contributed by atoms with Crippen molar-refractivity contribution >= 4 is 17.7 Å². The summed E-state index contributed by atoms with van der Waals surface area (Å²) in [6.07, 6.45) is 10.6. The number of carboxylic acids is 1. The Hall–Kier alpha value is -2.63. The minimum atomic E-state index is -2.20. The van der Waals surface area contributed by atoms with Crippen LogP contribution in [0.25, 0.3) is 0 Å². The fraction of sp³-hybridized carbons (Fsp3) is 0.738. The summed E-state index contributed by atoms with van der Waals surface area (Å²) in [5, 5.41) is 33.6. The Morgan fingerprint density at radius 3 is 2.46 bits per heavy atom. The monoisotopic (exact) mass is 721 g/mol. The zero-order chi connectivity index (χ0) is 37.2. The van der Waals surface area contributed by atoms with Crippen LogP contribution in [0.1, 0.15) is 125 Å². The van der Waals surface area contributed by atoms with Gasteiger partial charge < -0.3 is 34.3 Å². The lowest BCUT2D eigenvalue weighted by Gasteiger charge is -2.48. The largest absolute Gasteiger partial charge is 0.479 e. The molecule has 0 saturated carbocycles. The van der Waals surface area contributed by atoms with Crippen LogP contribution in [0.2, 0.25) is 0 Å². The molecule has 3 saturated heterocycles. The van der Waals surface area contributed by atoms with E-state index in [0.717, 1.165) is 61.8 Å². The minimum absolute atomic E-state index is 0.0177. The molecule has 3 fully saturated rings. The summed E-state index contributed by atoms with van der Waals surface area (Å²) in [6, 6.07) is 0. The molecule has 6 heterocycles. The van der Waals surface area contributed by atoms with Gasteiger partial charge in [-0.1, -0.05) is 37.6 Å². The number of esters is 1. The van der Waals surface area contributed by atoms with Crippen molar-refractivity contribution in [3.05, 3.63) is 46.6 Å². The lowest BCUT2D eigenvalue weighted by Crippen LogP contribution is -2.65. The molecular weight excluding hydrogens is 662 g/mol. The Morgan fingerprint density at radius 1 is 0.962 bits per heavy atom. The number of hydrogen-bond acceptors (Lipinski definition) is 9. The maximum absolute atomic E-state index is 12.6. The molecule has 0 aromatic heterocycles. The number of ether oxygens (including phenoxy) is 4. The van der Waals surface area contributed by atoms with Crippen LogP contribution in [0.15, 0.2) is 51.6 Å². The average molecular weight is 722 g/mol. The van der Waals surface area contributed by atoms with Crippen molar-refractivity contribution in [1.82, 2.24) is 0 Å². The molecule has 1 aliphatic carbocycles. The number of allylic oxidation sites excluding steroid dienone is 2. The van der Waals surface area contributed by atoms with Gasteiger partial charge >= 0.3 is 11.9 Å². The van der Waals surface area contributed by atoms with Crippen LogP contribution in [0.3, 0.4) is 0 Å². The standard InChI is InChI=1S/C42H59NO9/c1-24-8-7-9-36-39(22-27(4)28(5)23-43-36)13-12-32(35-20-26(3)37(45)49-35)29(6)33(39)19-25(2)34(44)21-31-10-14-40(50-31)16-17-42(52-40)41(48,38(46)47)15-11-30(18-24)51-42/h19-20,27-28,30-31,33-35,44,48H,1,7-18,21-23H2,2-6H3,(H,46,47). The zero-order valence-electron chi connectivity index (χ0n) is 31.7. The van der Waals surface area contributed by atoms with Crippen molar-refractivity contribution in [1.29, 1.82) is 0 Å². The molecular formula is C42H59NO9. The van der Waals surface area contributed by atoms with Gasteiger partial charge in [0.2, 0.25) is 11.4 Å². The molecule has 0 amide bonds. The molecule has 0 aromatic rings. The summed E-state index contributed by atoms with van der Waals surface area (Å²) in [5.41, 5.74) is 3.67. The molecule has 3 spiro atoms. The van der Waals surface area contributed by atoms with Gasteiger partial charge in [0.05, 0.1) is 18.3 Å². The lowest BCUT2D eigenvalue weighted by molar-refractivity contribution is -0.383. The number of fused-ring (bicyclic) bond motifs is 2. The van der Waals surface area contributed by atoms with E-state index < -0.39 is 29.2 Å². The van der Waals surface area contributed by atoms with Crippen molar-refractivity contribution in [2.75, 3.05) is 6.54 Å². The quantitative estimate of drug-likeness (QED) is 0.205. The first-order valence-electron chi connectivity index (χ1n) is 19.8. The lowest BCUT2D eigenvalue weighted by atomic mass is 9.56. The maximum atomic E-state index is 12.6. The van der Waals surface area contributed by atoms with E-state index in [1.54, 1.807) is 0 Å². The smallest absolute Gasteiger partial charge is 0.341 e. The number of cyclic esters (lactones) is 1. The Bertz CT molecular complexity index is 1610. The minimum Gasteiger partial charge on any atom is -0.479 e. The maximum Gasteiger partial charge on any atom is 0.341 e. The topological polar surface area (TPSA) is 144 Å². The predicted molar refractivity (Wildman–Crippen MR) is 195 cm³/mol. The van der Waals surface area contributed by atoms with Crippen LogP contribution in [0, 0.1) is 23.2 Å². The summed E-state index contributed by atoms with van der Waals surface area (Å²) in [4.78, 5) is 30.5. The van der Waals surface area contributed by atoms with E-state index in [1.807, 2.05) is 19.9 Å². The van der Waals surface area contributed by atoms with E-state index in [9.17, 15) is 24.9 Å². The van der Waals surface area contributed by atoms with Crippen molar-refractivity contribution in [3.8, 4) is 0 Å². The Labute approximate surface area is 308 Å². The number of carboxylic acid groups (broad SMARTS) is 1. The molecule has 6 aliphatic heterocycles. The summed E-state index contributed by atoms with van der Waals surface area (Å²) >= 11 is 0. The summed E-state index contributed by atoms with van der Waals surface area (Å²) < 4.78 is 25.5. The highest BCUT2D eigenvalue weighted by Gasteiger charge is 2.68. The number of rotatable bonds is 2. The van der Waals surface area contributed by atoms with Gasteiger partial charge in [0.1, 0.15) is 6.10 Å². The molecule has 3 N–H and O–H groups in total. The number of hydrogen-bond donors (Lipinski definition) is 3. The van der Waals surface area contributed by atoms with Gasteiger partial charge in [0.25, 0.3) is 0 Å². The van der Waals surface area contributed by atoms with Gasteiger partial charge in [-0.25, -0.2) is 9.59 Å². The number of carbonyl (C=O) groups excluding carboxylic acids is 1. The number of aliphatic imine (C=N–C) groups is 1. The molecule has 10 heteroatoms. The van der Waals surface area contributed by atoms with E-state index >= 15 is 0 Å². The van der Waals surface area contributed by atoms with Crippen LogP contribution in [-0.2, 0) is 28.5 Å². The molecule has 7 rings (SSSR count). The van der Waals surface area contributed by atoms with Gasteiger partial charge in [-0.3, -0.25) is 4.99 Å². The highest BCUT2D eigenvalue weighted by atomic mass is 16.8. The molecule has 0 radical (unpaired) electrons. The number of nitrogens with zero attached hydrogens (tertiary/aromatic N) is 1. The number of aliphatic hydroxyl groups excluding tert-OH is 1. The molecule has 11 unspecified atom stereocenters. The van der Waals surface area contributed by atoms with E-state index in [0.29, 0.717) is 55.9 Å². The van der Waals surface area contributed by atoms with E-state index in [-0.39, 0.29) is 48.5 Å². The molecule has 4 bridgehead atoms. The summed E-state index contributed by atoms with van der Waals surface area (Å²) in [5.74, 6) is -3.58. The highest BCUT2D eigenvalue weighted by Crippen LogP contribution is 2.56. The van der Waals surface area contributed by atoms with Crippen LogP contribution in [0.5, 0.6) is 0 Å². The second-order valence-electron chi connectivity index (χ2n) is 17.4. The van der Waals surface area contributed by atoms with Crippen molar-refractivity contribution < 1.29 is 43.9 Å². The first kappa shape index (κ1) is 37.7. The van der Waals surface area contributed by atoms with E-state index in [2.05, 4.69) is 33.4 Å². The van der Waals surface area contributed by atoms with Crippen molar-refractivity contribution in [2.24, 2.45) is 28.2 Å². The predicted octanol–water partition coefficient (Wildman–Crippen LogP) is 6.89. The van der Waals surface area contributed by atoms with Crippen LogP contribution in [-0.4, -0.2) is 81.1 Å². The highest BCUT2D eigenvalue weighted by molar-refractivity contribution is 5.92. The number of carbonyl (C=O) groups is 2. The zero-order valence-corrected chi connectivity index (χ0v) is 31.7. The third-order valence-electron chi connectivity index (χ3n) is 14.0. The second kappa shape index (κ2) is 13.9. The summed E-state index contributed by atoms with van der Waals surface area (Å²) in [6.45, 7) is 15.9. The molecule has 10 nitrogen and oxygen atoms in total. The fourth-order valence-electron chi connectivity index (χ4n) is 10.5. The fourth-order valence-corrected chi connectivity index (χ4v) is 10.5. The van der Waals surface area contributed by atoms with Gasteiger partial charge in [-0.05, 0) is 114 Å². The molecule has 0 aromatic carbocycles. The van der Waals surface area contributed by atoms with Crippen LogP contribution in [0.4, 0.5) is 0 Å². The second-order valence-corrected chi connectivity index (χ2v) is 17.4. The van der Waals surface area contributed by atoms with Gasteiger partial charge in [-0.15, -0.1) is 0 Å². The van der Waals surface area contributed by atoms with Crippen LogP contribution < -0.4 is 0 Å². The van der Waals surface area contributed by atoms with Gasteiger partial charge in [0.15, 0.2) is 5.79 Å².